The van der Waals surface area contributed by atoms with Crippen molar-refractivity contribution in [3.63, 3.8) is 0 Å². The van der Waals surface area contributed by atoms with Crippen LogP contribution in [0.25, 0.3) is 0 Å². The Morgan fingerprint density at radius 3 is 1.53 bits per heavy atom. The summed E-state index contributed by atoms with van der Waals surface area (Å²) in [4.78, 5) is 0. The van der Waals surface area contributed by atoms with Gasteiger partial charge in [-0.1, -0.05) is 0 Å². The van der Waals surface area contributed by atoms with Crippen molar-refractivity contribution in [3.05, 3.63) is 0 Å². The zero-order chi connectivity index (χ0) is 11.7. The normalized spacial score (nSPS) is 35.4. The van der Waals surface area contributed by atoms with Crippen LogP contribution in [-0.4, -0.2) is 40.2 Å². The largest absolute Gasteiger partial charge is 0.265 e. The standard InChI is InChI=1S/C12H27N2P/c1-9(2)13-11(5)8-12(6)14(10(3)4)15(13)7/h9-12H,8H2,1-7H3. The van der Waals surface area contributed by atoms with E-state index in [0.29, 0.717) is 12.1 Å². The summed E-state index contributed by atoms with van der Waals surface area (Å²) in [5.41, 5.74) is 0. The second-order valence-corrected chi connectivity index (χ2v) is 7.27. The zero-order valence-electron chi connectivity index (χ0n) is 11.4. The minimum Gasteiger partial charge on any atom is -0.265 e. The van der Waals surface area contributed by atoms with Crippen molar-refractivity contribution in [1.29, 1.82) is 0 Å². The van der Waals surface area contributed by atoms with Crippen LogP contribution in [0.2, 0.25) is 0 Å². The number of hydrogen-bond donors (Lipinski definition) is 0. The molecule has 0 bridgehead atoms. The van der Waals surface area contributed by atoms with Crippen molar-refractivity contribution in [1.82, 2.24) is 9.34 Å². The van der Waals surface area contributed by atoms with Crippen molar-refractivity contribution in [2.45, 2.75) is 72.1 Å². The van der Waals surface area contributed by atoms with E-state index in [0.717, 1.165) is 12.1 Å². The lowest BCUT2D eigenvalue weighted by Gasteiger charge is -2.52. The molecule has 1 aliphatic rings. The van der Waals surface area contributed by atoms with Crippen LogP contribution in [0.5, 0.6) is 0 Å². The van der Waals surface area contributed by atoms with Gasteiger partial charge in [-0.2, -0.15) is 0 Å². The Kier molecular flexibility index (Phi) is 4.58. The van der Waals surface area contributed by atoms with Gasteiger partial charge in [-0.05, 0) is 54.6 Å². The highest BCUT2D eigenvalue weighted by molar-refractivity contribution is 7.51. The number of hydrogen-bond acceptors (Lipinski definition) is 2. The predicted molar refractivity (Wildman–Crippen MR) is 70.3 cm³/mol. The molecule has 2 nitrogen and oxygen atoms in total. The first-order chi connectivity index (χ1) is 6.86. The van der Waals surface area contributed by atoms with Gasteiger partial charge in [0.25, 0.3) is 0 Å². The van der Waals surface area contributed by atoms with Gasteiger partial charge in [0, 0.05) is 32.4 Å². The predicted octanol–water partition coefficient (Wildman–Crippen LogP) is 3.53. The van der Waals surface area contributed by atoms with Crippen LogP contribution in [0, 0.1) is 0 Å². The van der Waals surface area contributed by atoms with Gasteiger partial charge in [0.15, 0.2) is 0 Å². The molecule has 0 aromatic carbocycles. The Labute approximate surface area is 96.9 Å². The van der Waals surface area contributed by atoms with Crippen LogP contribution in [0.4, 0.5) is 0 Å². The maximum absolute atomic E-state index is 2.70. The van der Waals surface area contributed by atoms with E-state index in [1.807, 2.05) is 0 Å². The molecule has 0 aromatic heterocycles. The topological polar surface area (TPSA) is 6.48 Å². The van der Waals surface area contributed by atoms with Crippen LogP contribution in [0.1, 0.15) is 48.0 Å². The maximum Gasteiger partial charge on any atom is 0.0371 e. The molecular formula is C12H27N2P. The first-order valence-corrected chi connectivity index (χ1v) is 7.86. The highest BCUT2D eigenvalue weighted by Crippen LogP contribution is 2.51. The van der Waals surface area contributed by atoms with E-state index in [9.17, 15) is 0 Å². The molecule has 0 aliphatic carbocycles. The molecule has 90 valence electrons. The van der Waals surface area contributed by atoms with Crippen molar-refractivity contribution in [2.24, 2.45) is 0 Å². The summed E-state index contributed by atoms with van der Waals surface area (Å²) < 4.78 is 5.41. The molecule has 0 saturated carbocycles. The van der Waals surface area contributed by atoms with Gasteiger partial charge in [0.1, 0.15) is 0 Å². The third kappa shape index (κ3) is 2.72. The lowest BCUT2D eigenvalue weighted by Crippen LogP contribution is -2.50. The van der Waals surface area contributed by atoms with Crippen molar-refractivity contribution in [3.8, 4) is 0 Å². The monoisotopic (exact) mass is 230 g/mol. The molecule has 1 rings (SSSR count). The first-order valence-electron chi connectivity index (χ1n) is 6.16. The summed E-state index contributed by atoms with van der Waals surface area (Å²) in [6.07, 6.45) is 1.31. The molecule has 1 heterocycles. The minimum atomic E-state index is -0.109. The Balaban J connectivity index is 2.84. The van der Waals surface area contributed by atoms with E-state index in [1.165, 1.54) is 6.42 Å². The molecular weight excluding hydrogens is 203 g/mol. The molecule has 0 amide bonds. The molecule has 1 fully saturated rings. The van der Waals surface area contributed by atoms with Gasteiger partial charge in [0.2, 0.25) is 0 Å². The second kappa shape index (κ2) is 5.12. The van der Waals surface area contributed by atoms with E-state index in [1.54, 1.807) is 0 Å². The average molecular weight is 230 g/mol. The summed E-state index contributed by atoms with van der Waals surface area (Å²) in [5.74, 6) is 0. The van der Waals surface area contributed by atoms with E-state index in [4.69, 9.17) is 0 Å². The van der Waals surface area contributed by atoms with Crippen LogP contribution in [-0.2, 0) is 0 Å². The van der Waals surface area contributed by atoms with Gasteiger partial charge in [-0.3, -0.25) is 9.34 Å². The lowest BCUT2D eigenvalue weighted by atomic mass is 10.1. The fraction of sp³-hybridized carbons (Fsp3) is 1.00. The third-order valence-corrected chi connectivity index (χ3v) is 6.36. The highest BCUT2D eigenvalue weighted by atomic mass is 31.1. The summed E-state index contributed by atoms with van der Waals surface area (Å²) in [6.45, 7) is 16.5. The van der Waals surface area contributed by atoms with Crippen molar-refractivity contribution < 1.29 is 0 Å². The van der Waals surface area contributed by atoms with Crippen molar-refractivity contribution in [2.75, 3.05) is 6.66 Å². The SMILES string of the molecule is CC(C)N1C(C)CC(C)N(C(C)C)P1C. The Bertz CT molecular complexity index is 186. The molecule has 2 unspecified atom stereocenters. The van der Waals surface area contributed by atoms with E-state index < -0.39 is 0 Å². The number of rotatable bonds is 2. The molecule has 3 heteroatoms. The van der Waals surface area contributed by atoms with Crippen LogP contribution in [0.3, 0.4) is 0 Å². The summed E-state index contributed by atoms with van der Waals surface area (Å²) in [5, 5.41) is 0. The molecule has 0 spiro atoms. The average Bonchev–Trinajstić information content (AvgIpc) is 1.99. The molecule has 0 radical (unpaired) electrons. The van der Waals surface area contributed by atoms with Crippen LogP contribution in [0.15, 0.2) is 0 Å². The fourth-order valence-electron chi connectivity index (χ4n) is 3.09. The van der Waals surface area contributed by atoms with Gasteiger partial charge < -0.3 is 0 Å². The number of nitrogens with zero attached hydrogens (tertiary/aromatic N) is 2. The van der Waals surface area contributed by atoms with Crippen molar-refractivity contribution >= 4 is 8.22 Å². The Hall–Kier alpha value is 0.350. The van der Waals surface area contributed by atoms with Gasteiger partial charge in [0.05, 0.1) is 0 Å². The van der Waals surface area contributed by atoms with Crippen LogP contribution < -0.4 is 0 Å². The minimum absolute atomic E-state index is 0.109. The third-order valence-electron chi connectivity index (χ3n) is 3.31. The van der Waals surface area contributed by atoms with E-state index >= 15 is 0 Å². The molecule has 0 N–H and O–H groups in total. The second-order valence-electron chi connectivity index (χ2n) is 5.37. The smallest absolute Gasteiger partial charge is 0.0371 e. The molecule has 1 saturated heterocycles. The highest BCUT2D eigenvalue weighted by Gasteiger charge is 2.37. The fourth-order valence-corrected chi connectivity index (χ4v) is 5.99. The maximum atomic E-state index is 2.70. The van der Waals surface area contributed by atoms with E-state index in [-0.39, 0.29) is 8.22 Å². The zero-order valence-corrected chi connectivity index (χ0v) is 12.3. The molecule has 2 atom stereocenters. The summed E-state index contributed by atoms with van der Waals surface area (Å²) >= 11 is 0. The molecule has 1 aliphatic heterocycles. The quantitative estimate of drug-likeness (QED) is 0.670. The molecule has 0 aromatic rings. The van der Waals surface area contributed by atoms with Gasteiger partial charge in [-0.15, -0.1) is 0 Å². The van der Waals surface area contributed by atoms with Gasteiger partial charge >= 0.3 is 0 Å². The Morgan fingerprint density at radius 1 is 0.933 bits per heavy atom. The summed E-state index contributed by atoms with van der Waals surface area (Å²) in [6, 6.07) is 2.83. The summed E-state index contributed by atoms with van der Waals surface area (Å²) in [7, 11) is -0.109. The van der Waals surface area contributed by atoms with Gasteiger partial charge in [-0.25, -0.2) is 0 Å². The Morgan fingerprint density at radius 2 is 1.27 bits per heavy atom. The van der Waals surface area contributed by atoms with Crippen LogP contribution >= 0.6 is 8.22 Å². The first kappa shape index (κ1) is 13.4. The molecule has 15 heavy (non-hydrogen) atoms. The van der Waals surface area contributed by atoms with E-state index in [2.05, 4.69) is 57.5 Å². The lowest BCUT2D eigenvalue weighted by molar-refractivity contribution is 0.165.